The molecule has 0 saturated carbocycles. The molecule has 0 atom stereocenters. The molecule has 0 aromatic heterocycles. The van der Waals surface area contributed by atoms with Gasteiger partial charge in [0.15, 0.2) is 0 Å². The number of methoxy groups -OCH3 is 1. The maximum atomic E-state index is 13.4. The molecular formula is C26H22ClNO3. The van der Waals surface area contributed by atoms with Gasteiger partial charge < -0.3 is 9.47 Å². The van der Waals surface area contributed by atoms with Gasteiger partial charge in [-0.1, -0.05) is 35.9 Å². The van der Waals surface area contributed by atoms with Gasteiger partial charge in [0.25, 0.3) is 5.91 Å². The number of ether oxygens (including phenoxy) is 2. The second kappa shape index (κ2) is 9.11. The highest BCUT2D eigenvalue weighted by atomic mass is 35.5. The standard InChI is InChI=1S/C26H22ClNO3/c1-3-31-24-12-4-18(5-13-24)16-20-17-25(19-6-8-21(27)9-7-19)28(26(20)29)22-10-14-23(30-2)15-11-22/h4-17H,3H2,1-2H3/b20-16+. The smallest absolute Gasteiger partial charge is 0.262 e. The van der Waals surface area contributed by atoms with E-state index in [-0.39, 0.29) is 5.91 Å². The number of carbonyl (C=O) groups excluding carboxylic acids is 1. The molecule has 31 heavy (non-hydrogen) atoms. The second-order valence-electron chi connectivity index (χ2n) is 6.98. The number of halogens is 1. The summed E-state index contributed by atoms with van der Waals surface area (Å²) in [7, 11) is 1.62. The quantitative estimate of drug-likeness (QED) is 0.435. The Hall–Kier alpha value is -3.50. The van der Waals surface area contributed by atoms with Crippen LogP contribution in [-0.2, 0) is 4.79 Å². The molecule has 0 spiro atoms. The molecule has 3 aromatic carbocycles. The number of hydrogen-bond acceptors (Lipinski definition) is 3. The third-order valence-electron chi connectivity index (χ3n) is 4.97. The highest BCUT2D eigenvalue weighted by Crippen LogP contribution is 2.36. The topological polar surface area (TPSA) is 38.8 Å². The van der Waals surface area contributed by atoms with Crippen molar-refractivity contribution >= 4 is 35.0 Å². The van der Waals surface area contributed by atoms with Crippen LogP contribution in [0.4, 0.5) is 5.69 Å². The van der Waals surface area contributed by atoms with Crippen LogP contribution in [-0.4, -0.2) is 19.6 Å². The fourth-order valence-electron chi connectivity index (χ4n) is 3.44. The lowest BCUT2D eigenvalue weighted by Gasteiger charge is -2.21. The van der Waals surface area contributed by atoms with Crippen molar-refractivity contribution in [2.75, 3.05) is 18.6 Å². The molecule has 0 unspecified atom stereocenters. The summed E-state index contributed by atoms with van der Waals surface area (Å²) in [5, 5.41) is 0.648. The Morgan fingerprint density at radius 1 is 0.903 bits per heavy atom. The fraction of sp³-hybridized carbons (Fsp3) is 0.115. The molecule has 1 heterocycles. The Morgan fingerprint density at radius 3 is 2.16 bits per heavy atom. The molecule has 0 radical (unpaired) electrons. The van der Waals surface area contributed by atoms with Gasteiger partial charge in [-0.3, -0.25) is 9.69 Å². The van der Waals surface area contributed by atoms with Gasteiger partial charge in [-0.15, -0.1) is 0 Å². The number of rotatable bonds is 6. The Labute approximate surface area is 187 Å². The number of benzene rings is 3. The van der Waals surface area contributed by atoms with E-state index >= 15 is 0 Å². The summed E-state index contributed by atoms with van der Waals surface area (Å²) < 4.78 is 10.8. The van der Waals surface area contributed by atoms with Gasteiger partial charge in [-0.2, -0.15) is 0 Å². The van der Waals surface area contributed by atoms with Crippen LogP contribution in [0.2, 0.25) is 5.02 Å². The van der Waals surface area contributed by atoms with Gasteiger partial charge >= 0.3 is 0 Å². The van der Waals surface area contributed by atoms with Crippen molar-refractivity contribution < 1.29 is 14.3 Å². The summed E-state index contributed by atoms with van der Waals surface area (Å²) in [5.41, 5.74) is 4.00. The van der Waals surface area contributed by atoms with E-state index in [9.17, 15) is 4.79 Å². The molecule has 0 saturated heterocycles. The van der Waals surface area contributed by atoms with E-state index in [1.165, 1.54) is 0 Å². The summed E-state index contributed by atoms with van der Waals surface area (Å²) in [5.74, 6) is 1.45. The first-order chi connectivity index (χ1) is 15.1. The predicted octanol–water partition coefficient (Wildman–Crippen LogP) is 6.22. The first kappa shape index (κ1) is 20.8. The van der Waals surface area contributed by atoms with E-state index < -0.39 is 0 Å². The fourth-order valence-corrected chi connectivity index (χ4v) is 3.57. The monoisotopic (exact) mass is 431 g/mol. The minimum atomic E-state index is -0.0935. The number of carbonyl (C=O) groups is 1. The highest BCUT2D eigenvalue weighted by Gasteiger charge is 2.30. The largest absolute Gasteiger partial charge is 0.497 e. The van der Waals surface area contributed by atoms with E-state index in [1.54, 1.807) is 12.0 Å². The van der Waals surface area contributed by atoms with Crippen molar-refractivity contribution in [3.8, 4) is 11.5 Å². The van der Waals surface area contributed by atoms with Crippen molar-refractivity contribution in [3.63, 3.8) is 0 Å². The summed E-state index contributed by atoms with van der Waals surface area (Å²) in [4.78, 5) is 15.1. The van der Waals surface area contributed by atoms with Crippen LogP contribution < -0.4 is 14.4 Å². The Morgan fingerprint density at radius 2 is 1.55 bits per heavy atom. The number of hydrogen-bond donors (Lipinski definition) is 0. The van der Waals surface area contributed by atoms with Crippen molar-refractivity contribution in [1.29, 1.82) is 0 Å². The van der Waals surface area contributed by atoms with Gasteiger partial charge in [0.05, 0.1) is 19.4 Å². The molecule has 4 rings (SSSR count). The van der Waals surface area contributed by atoms with Crippen LogP contribution in [0.1, 0.15) is 18.1 Å². The van der Waals surface area contributed by atoms with Crippen LogP contribution >= 0.6 is 11.6 Å². The first-order valence-corrected chi connectivity index (χ1v) is 10.4. The molecule has 156 valence electrons. The van der Waals surface area contributed by atoms with Gasteiger partial charge in [0, 0.05) is 16.3 Å². The van der Waals surface area contributed by atoms with E-state index in [0.717, 1.165) is 34.0 Å². The van der Waals surface area contributed by atoms with E-state index in [4.69, 9.17) is 21.1 Å². The van der Waals surface area contributed by atoms with Crippen LogP contribution in [0.3, 0.4) is 0 Å². The first-order valence-electron chi connectivity index (χ1n) is 10.00. The molecule has 3 aromatic rings. The molecule has 0 N–H and O–H groups in total. The van der Waals surface area contributed by atoms with Crippen molar-refractivity contribution in [1.82, 2.24) is 0 Å². The summed E-state index contributed by atoms with van der Waals surface area (Å²) >= 11 is 6.07. The zero-order chi connectivity index (χ0) is 21.8. The number of nitrogens with zero attached hydrogens (tertiary/aromatic N) is 1. The molecule has 1 aliphatic heterocycles. The van der Waals surface area contributed by atoms with E-state index in [2.05, 4.69) is 0 Å². The SMILES string of the molecule is CCOc1ccc(/C=C2\C=C(c3ccc(Cl)cc3)N(c3ccc(OC)cc3)C2=O)cc1. The van der Waals surface area contributed by atoms with Crippen LogP contribution in [0, 0.1) is 0 Å². The third-order valence-corrected chi connectivity index (χ3v) is 5.22. The van der Waals surface area contributed by atoms with Crippen molar-refractivity contribution in [2.24, 2.45) is 0 Å². The molecule has 1 amide bonds. The predicted molar refractivity (Wildman–Crippen MR) is 125 cm³/mol. The minimum Gasteiger partial charge on any atom is -0.497 e. The Kier molecular flexibility index (Phi) is 6.10. The van der Waals surface area contributed by atoms with Crippen LogP contribution in [0.25, 0.3) is 11.8 Å². The molecule has 4 nitrogen and oxygen atoms in total. The lowest BCUT2D eigenvalue weighted by Crippen LogP contribution is -2.24. The summed E-state index contributed by atoms with van der Waals surface area (Å²) in [6, 6.07) is 22.6. The Bertz CT molecular complexity index is 1130. The molecule has 1 aliphatic rings. The molecular weight excluding hydrogens is 410 g/mol. The maximum absolute atomic E-state index is 13.4. The lowest BCUT2D eigenvalue weighted by atomic mass is 10.1. The van der Waals surface area contributed by atoms with Crippen LogP contribution in [0.5, 0.6) is 11.5 Å². The third kappa shape index (κ3) is 4.49. The molecule has 0 bridgehead atoms. The van der Waals surface area contributed by atoms with Crippen molar-refractivity contribution in [3.05, 3.63) is 101 Å². The molecule has 0 aliphatic carbocycles. The molecule has 0 fully saturated rings. The van der Waals surface area contributed by atoms with E-state index in [0.29, 0.717) is 17.2 Å². The van der Waals surface area contributed by atoms with Gasteiger partial charge in [-0.25, -0.2) is 0 Å². The summed E-state index contributed by atoms with van der Waals surface area (Å²) in [6.07, 6.45) is 3.80. The zero-order valence-electron chi connectivity index (χ0n) is 17.3. The normalized spacial score (nSPS) is 14.7. The summed E-state index contributed by atoms with van der Waals surface area (Å²) in [6.45, 7) is 2.56. The minimum absolute atomic E-state index is 0.0935. The van der Waals surface area contributed by atoms with Gasteiger partial charge in [0.2, 0.25) is 0 Å². The average Bonchev–Trinajstić information content (AvgIpc) is 3.11. The maximum Gasteiger partial charge on any atom is 0.262 e. The van der Waals surface area contributed by atoms with Crippen molar-refractivity contribution in [2.45, 2.75) is 6.92 Å². The average molecular weight is 432 g/mol. The number of anilines is 1. The second-order valence-corrected chi connectivity index (χ2v) is 7.41. The zero-order valence-corrected chi connectivity index (χ0v) is 18.1. The number of amides is 1. The molecule has 5 heteroatoms. The van der Waals surface area contributed by atoms with E-state index in [1.807, 2.05) is 91.9 Å². The van der Waals surface area contributed by atoms with Gasteiger partial charge in [0.1, 0.15) is 11.5 Å². The van der Waals surface area contributed by atoms with Crippen LogP contribution in [0.15, 0.2) is 84.4 Å². The lowest BCUT2D eigenvalue weighted by molar-refractivity contribution is -0.113. The van der Waals surface area contributed by atoms with Gasteiger partial charge in [-0.05, 0) is 78.7 Å². The Balaban J connectivity index is 1.74. The highest BCUT2D eigenvalue weighted by molar-refractivity contribution is 6.30.